The first kappa shape index (κ1) is 18.3. The molecule has 0 fully saturated rings. The molecular weight excluding hydrogens is 399 g/mol. The first-order valence-corrected chi connectivity index (χ1v) is 9.52. The minimum absolute atomic E-state index is 0.00674. The van der Waals surface area contributed by atoms with E-state index in [2.05, 4.69) is 10.0 Å². The summed E-state index contributed by atoms with van der Waals surface area (Å²) in [6.45, 7) is 0. The summed E-state index contributed by atoms with van der Waals surface area (Å²) in [7, 11) is -4.01. The van der Waals surface area contributed by atoms with E-state index in [1.54, 1.807) is 24.3 Å². The van der Waals surface area contributed by atoms with Crippen LogP contribution in [0.25, 0.3) is 0 Å². The Kier molecular flexibility index (Phi) is 5.22. The van der Waals surface area contributed by atoms with Crippen molar-refractivity contribution in [2.45, 2.75) is 4.90 Å². The molecule has 2 aromatic carbocycles. The lowest BCUT2D eigenvalue weighted by Gasteiger charge is -2.12. The highest BCUT2D eigenvalue weighted by molar-refractivity contribution is 7.93. The van der Waals surface area contributed by atoms with Gasteiger partial charge in [-0.2, -0.15) is 0 Å². The maximum Gasteiger partial charge on any atom is 0.291 e. The molecule has 3 aromatic rings. The SMILES string of the molecule is O=C(Nc1cccc(NS(=O)(=O)c2c(Cl)cccc2Cl)c1)c1ccco1. The fraction of sp³-hybridized carbons (Fsp3) is 0. The summed E-state index contributed by atoms with van der Waals surface area (Å²) in [6.07, 6.45) is 1.38. The highest BCUT2D eigenvalue weighted by atomic mass is 35.5. The number of sulfonamides is 1. The number of amides is 1. The quantitative estimate of drug-likeness (QED) is 0.640. The van der Waals surface area contributed by atoms with E-state index in [-0.39, 0.29) is 26.4 Å². The van der Waals surface area contributed by atoms with Crippen molar-refractivity contribution < 1.29 is 17.6 Å². The lowest BCUT2D eigenvalue weighted by molar-refractivity contribution is 0.0996. The van der Waals surface area contributed by atoms with Gasteiger partial charge in [0.05, 0.1) is 22.0 Å². The second-order valence-electron chi connectivity index (χ2n) is 5.17. The van der Waals surface area contributed by atoms with Gasteiger partial charge in [0.15, 0.2) is 5.76 Å². The Labute approximate surface area is 159 Å². The van der Waals surface area contributed by atoms with Crippen LogP contribution < -0.4 is 10.0 Å². The van der Waals surface area contributed by atoms with Crippen molar-refractivity contribution in [3.05, 3.63) is 76.7 Å². The number of anilines is 2. The molecule has 0 aliphatic heterocycles. The van der Waals surface area contributed by atoms with Crippen LogP contribution in [0.15, 0.2) is 70.2 Å². The van der Waals surface area contributed by atoms with E-state index in [4.69, 9.17) is 27.6 Å². The lowest BCUT2D eigenvalue weighted by Crippen LogP contribution is -2.15. The molecule has 0 bridgehead atoms. The summed E-state index contributed by atoms with van der Waals surface area (Å²) >= 11 is 11.9. The average Bonchev–Trinajstić information content (AvgIpc) is 3.08. The molecule has 0 aliphatic rings. The van der Waals surface area contributed by atoms with E-state index in [9.17, 15) is 13.2 Å². The van der Waals surface area contributed by atoms with Crippen molar-refractivity contribution in [1.82, 2.24) is 0 Å². The molecular formula is C17H12Cl2N2O4S. The molecule has 0 spiro atoms. The number of rotatable bonds is 5. The number of furan rings is 1. The number of carbonyl (C=O) groups excluding carboxylic acids is 1. The molecule has 9 heteroatoms. The fourth-order valence-electron chi connectivity index (χ4n) is 2.21. The van der Waals surface area contributed by atoms with Gasteiger partial charge in [0.25, 0.3) is 15.9 Å². The Morgan fingerprint density at radius 1 is 0.923 bits per heavy atom. The van der Waals surface area contributed by atoms with Gasteiger partial charge in [-0.15, -0.1) is 0 Å². The van der Waals surface area contributed by atoms with Gasteiger partial charge in [-0.3, -0.25) is 9.52 Å². The highest BCUT2D eigenvalue weighted by Crippen LogP contribution is 2.30. The van der Waals surface area contributed by atoms with E-state index in [0.717, 1.165) is 0 Å². The van der Waals surface area contributed by atoms with Gasteiger partial charge >= 0.3 is 0 Å². The molecule has 0 atom stereocenters. The van der Waals surface area contributed by atoms with Gasteiger partial charge in [0.2, 0.25) is 0 Å². The highest BCUT2D eigenvalue weighted by Gasteiger charge is 2.21. The molecule has 134 valence electrons. The molecule has 3 rings (SSSR count). The molecule has 6 nitrogen and oxygen atoms in total. The molecule has 0 saturated heterocycles. The van der Waals surface area contributed by atoms with Crippen LogP contribution in [0.2, 0.25) is 10.0 Å². The maximum absolute atomic E-state index is 12.6. The third-order valence-corrected chi connectivity index (χ3v) is 5.64. The zero-order valence-electron chi connectivity index (χ0n) is 13.1. The third-order valence-electron chi connectivity index (χ3n) is 3.31. The van der Waals surface area contributed by atoms with Gasteiger partial charge < -0.3 is 9.73 Å². The van der Waals surface area contributed by atoms with Crippen LogP contribution in [0.3, 0.4) is 0 Å². The van der Waals surface area contributed by atoms with Crippen LogP contribution in [0, 0.1) is 0 Å². The molecule has 26 heavy (non-hydrogen) atoms. The fourth-order valence-corrected chi connectivity index (χ4v) is 4.40. The smallest absolute Gasteiger partial charge is 0.291 e. The standard InChI is InChI=1S/C17H12Cl2N2O4S/c18-13-6-2-7-14(19)16(13)26(23,24)21-12-5-1-4-11(10-12)20-17(22)15-8-3-9-25-15/h1-10,21H,(H,20,22). The van der Waals surface area contributed by atoms with Crippen molar-refractivity contribution >= 4 is 50.5 Å². The minimum atomic E-state index is -4.01. The Morgan fingerprint density at radius 2 is 1.58 bits per heavy atom. The monoisotopic (exact) mass is 410 g/mol. The first-order valence-electron chi connectivity index (χ1n) is 7.28. The van der Waals surface area contributed by atoms with Gasteiger partial charge in [-0.1, -0.05) is 35.3 Å². The Bertz CT molecular complexity index is 1030. The van der Waals surface area contributed by atoms with Crippen molar-refractivity contribution in [3.63, 3.8) is 0 Å². The predicted molar refractivity (Wildman–Crippen MR) is 100 cm³/mol. The lowest BCUT2D eigenvalue weighted by atomic mass is 10.3. The van der Waals surface area contributed by atoms with Crippen molar-refractivity contribution in [2.24, 2.45) is 0 Å². The van der Waals surface area contributed by atoms with Crippen LogP contribution in [-0.2, 0) is 10.0 Å². The van der Waals surface area contributed by atoms with E-state index in [1.165, 1.54) is 36.6 Å². The second kappa shape index (κ2) is 7.41. The number of hydrogen-bond acceptors (Lipinski definition) is 4. The summed E-state index contributed by atoms with van der Waals surface area (Å²) in [5.41, 5.74) is 0.620. The number of nitrogens with one attached hydrogen (secondary N) is 2. The zero-order chi connectivity index (χ0) is 18.7. The number of benzene rings is 2. The Hall–Kier alpha value is -2.48. The van der Waals surface area contributed by atoms with Crippen molar-refractivity contribution in [2.75, 3.05) is 10.0 Å². The summed E-state index contributed by atoms with van der Waals surface area (Å²) in [6, 6.07) is 13.7. The van der Waals surface area contributed by atoms with E-state index in [0.29, 0.717) is 5.69 Å². The molecule has 2 N–H and O–H groups in total. The number of carbonyl (C=O) groups is 1. The first-order chi connectivity index (χ1) is 12.4. The van der Waals surface area contributed by atoms with E-state index < -0.39 is 15.9 Å². The summed E-state index contributed by atoms with van der Waals surface area (Å²) in [4.78, 5) is 11.8. The van der Waals surface area contributed by atoms with Crippen LogP contribution >= 0.6 is 23.2 Å². The third kappa shape index (κ3) is 4.01. The van der Waals surface area contributed by atoms with Gasteiger partial charge in [-0.05, 0) is 42.5 Å². The van der Waals surface area contributed by atoms with Crippen molar-refractivity contribution in [3.8, 4) is 0 Å². The summed E-state index contributed by atoms with van der Waals surface area (Å²) in [5, 5.41) is 2.63. The largest absolute Gasteiger partial charge is 0.459 e. The maximum atomic E-state index is 12.6. The van der Waals surface area contributed by atoms with Crippen LogP contribution in [0.1, 0.15) is 10.6 Å². The second-order valence-corrected chi connectivity index (χ2v) is 7.60. The van der Waals surface area contributed by atoms with Gasteiger partial charge in [0.1, 0.15) is 4.90 Å². The molecule has 0 radical (unpaired) electrons. The van der Waals surface area contributed by atoms with E-state index >= 15 is 0 Å². The summed E-state index contributed by atoms with van der Waals surface area (Å²) < 4.78 is 32.6. The molecule has 1 heterocycles. The molecule has 1 amide bonds. The number of halogens is 2. The van der Waals surface area contributed by atoms with Crippen LogP contribution in [0.4, 0.5) is 11.4 Å². The molecule has 0 aliphatic carbocycles. The Morgan fingerprint density at radius 3 is 2.23 bits per heavy atom. The normalized spacial score (nSPS) is 11.2. The Balaban J connectivity index is 1.83. The van der Waals surface area contributed by atoms with Gasteiger partial charge in [0, 0.05) is 5.69 Å². The average molecular weight is 411 g/mol. The van der Waals surface area contributed by atoms with Crippen LogP contribution in [-0.4, -0.2) is 14.3 Å². The van der Waals surface area contributed by atoms with Crippen LogP contribution in [0.5, 0.6) is 0 Å². The van der Waals surface area contributed by atoms with Gasteiger partial charge in [-0.25, -0.2) is 8.42 Å². The van der Waals surface area contributed by atoms with Crippen molar-refractivity contribution in [1.29, 1.82) is 0 Å². The molecule has 0 unspecified atom stereocenters. The molecule has 1 aromatic heterocycles. The van der Waals surface area contributed by atoms with E-state index in [1.807, 2.05) is 0 Å². The summed E-state index contributed by atoms with van der Waals surface area (Å²) in [5.74, 6) is -0.317. The predicted octanol–water partition coefficient (Wildman–Crippen LogP) is 4.64. The number of hydrogen-bond donors (Lipinski definition) is 2. The molecule has 0 saturated carbocycles. The minimum Gasteiger partial charge on any atom is -0.459 e. The zero-order valence-corrected chi connectivity index (χ0v) is 15.4. The topological polar surface area (TPSA) is 88.4 Å².